The summed E-state index contributed by atoms with van der Waals surface area (Å²) >= 11 is 0. The average molecular weight is 209 g/mol. The van der Waals surface area contributed by atoms with Gasteiger partial charge in [0.05, 0.1) is 13.2 Å². The molecule has 15 heavy (non-hydrogen) atoms. The number of aromatic nitrogens is 1. The third-order valence-electron chi connectivity index (χ3n) is 2.46. The van der Waals surface area contributed by atoms with Crippen LogP contribution in [-0.4, -0.2) is 23.3 Å². The summed E-state index contributed by atoms with van der Waals surface area (Å²) in [5.41, 5.74) is 0.967. The van der Waals surface area contributed by atoms with Crippen LogP contribution in [0.2, 0.25) is 0 Å². The van der Waals surface area contributed by atoms with E-state index in [-0.39, 0.29) is 6.10 Å². The van der Waals surface area contributed by atoms with Crippen molar-refractivity contribution in [3.63, 3.8) is 0 Å². The maximum Gasteiger partial charge on any atom is 0.213 e. The smallest absolute Gasteiger partial charge is 0.213 e. The molecule has 0 aliphatic heterocycles. The van der Waals surface area contributed by atoms with E-state index in [1.807, 2.05) is 32.0 Å². The minimum absolute atomic E-state index is 0.252. The molecule has 0 radical (unpaired) electrons. The first-order valence-corrected chi connectivity index (χ1v) is 5.31. The Morgan fingerprint density at radius 1 is 1.40 bits per heavy atom. The van der Waals surface area contributed by atoms with E-state index in [1.165, 1.54) is 0 Å². The zero-order valence-corrected chi connectivity index (χ0v) is 9.60. The van der Waals surface area contributed by atoms with Gasteiger partial charge in [-0.05, 0) is 24.8 Å². The van der Waals surface area contributed by atoms with Crippen molar-refractivity contribution in [3.05, 3.63) is 23.9 Å². The van der Waals surface area contributed by atoms with Crippen LogP contribution in [0.3, 0.4) is 0 Å². The van der Waals surface area contributed by atoms with E-state index in [2.05, 4.69) is 4.98 Å². The predicted octanol–water partition coefficient (Wildman–Crippen LogP) is 2.04. The van der Waals surface area contributed by atoms with Crippen LogP contribution in [0.5, 0.6) is 5.88 Å². The maximum atomic E-state index is 9.66. The van der Waals surface area contributed by atoms with Crippen LogP contribution in [0.25, 0.3) is 0 Å². The molecule has 3 nitrogen and oxygen atoms in total. The molecule has 1 heterocycles. The van der Waals surface area contributed by atoms with Crippen LogP contribution in [0, 0.1) is 5.92 Å². The molecule has 0 aliphatic rings. The summed E-state index contributed by atoms with van der Waals surface area (Å²) in [5, 5.41) is 9.66. The van der Waals surface area contributed by atoms with E-state index < -0.39 is 0 Å². The maximum absolute atomic E-state index is 9.66. The Hall–Kier alpha value is -1.09. The van der Waals surface area contributed by atoms with Crippen LogP contribution in [-0.2, 0) is 6.42 Å². The number of aliphatic hydroxyl groups excluding tert-OH is 1. The van der Waals surface area contributed by atoms with Gasteiger partial charge in [0.25, 0.3) is 0 Å². The number of rotatable bonds is 5. The first-order valence-electron chi connectivity index (χ1n) is 5.31. The number of aliphatic hydroxyl groups is 1. The summed E-state index contributed by atoms with van der Waals surface area (Å²) in [4.78, 5) is 4.29. The fourth-order valence-corrected chi connectivity index (χ4v) is 1.34. The molecule has 1 rings (SSSR count). The van der Waals surface area contributed by atoms with Crippen LogP contribution in [0.1, 0.15) is 26.0 Å². The summed E-state index contributed by atoms with van der Waals surface area (Å²) in [6.45, 7) is 4.04. The van der Waals surface area contributed by atoms with Gasteiger partial charge in [-0.2, -0.15) is 0 Å². The van der Waals surface area contributed by atoms with Crippen molar-refractivity contribution in [2.45, 2.75) is 32.8 Å². The number of hydrogen-bond acceptors (Lipinski definition) is 3. The van der Waals surface area contributed by atoms with Gasteiger partial charge in [0.2, 0.25) is 5.88 Å². The van der Waals surface area contributed by atoms with Crippen molar-refractivity contribution >= 4 is 0 Å². The van der Waals surface area contributed by atoms with E-state index in [9.17, 15) is 5.11 Å². The summed E-state index contributed by atoms with van der Waals surface area (Å²) < 4.78 is 5.04. The minimum atomic E-state index is -0.252. The van der Waals surface area contributed by atoms with Gasteiger partial charge in [-0.25, -0.2) is 4.98 Å². The highest BCUT2D eigenvalue weighted by atomic mass is 16.5. The predicted molar refractivity (Wildman–Crippen MR) is 60.0 cm³/mol. The first kappa shape index (κ1) is 12.0. The van der Waals surface area contributed by atoms with Crippen molar-refractivity contribution < 1.29 is 9.84 Å². The fraction of sp³-hybridized carbons (Fsp3) is 0.583. The largest absolute Gasteiger partial charge is 0.481 e. The summed E-state index contributed by atoms with van der Waals surface area (Å²) in [6.07, 6.45) is 1.28. The molecule has 1 aromatic heterocycles. The lowest BCUT2D eigenvalue weighted by Gasteiger charge is -2.13. The Morgan fingerprint density at radius 2 is 2.13 bits per heavy atom. The molecule has 0 bridgehead atoms. The molecule has 0 saturated heterocycles. The first-order chi connectivity index (χ1) is 7.13. The average Bonchev–Trinajstić information content (AvgIpc) is 2.26. The van der Waals surface area contributed by atoms with Gasteiger partial charge in [-0.3, -0.25) is 0 Å². The number of nitrogens with zero attached hydrogens (tertiary/aromatic N) is 1. The second kappa shape index (κ2) is 5.71. The highest BCUT2D eigenvalue weighted by molar-refractivity contribution is 5.15. The quantitative estimate of drug-likeness (QED) is 0.807. The Bertz CT molecular complexity index is 299. The summed E-state index contributed by atoms with van der Waals surface area (Å²) in [6, 6.07) is 5.70. The zero-order chi connectivity index (χ0) is 11.3. The molecule has 0 saturated carbocycles. The van der Waals surface area contributed by atoms with E-state index in [4.69, 9.17) is 4.74 Å². The highest BCUT2D eigenvalue weighted by Gasteiger charge is 2.09. The van der Waals surface area contributed by atoms with Gasteiger partial charge < -0.3 is 9.84 Å². The molecule has 0 aliphatic carbocycles. The number of hydrogen-bond donors (Lipinski definition) is 1. The molecule has 0 aromatic carbocycles. The summed E-state index contributed by atoms with van der Waals surface area (Å²) in [7, 11) is 1.61. The third-order valence-corrected chi connectivity index (χ3v) is 2.46. The van der Waals surface area contributed by atoms with Gasteiger partial charge in [-0.1, -0.05) is 19.9 Å². The lowest BCUT2D eigenvalue weighted by molar-refractivity contribution is 0.116. The van der Waals surface area contributed by atoms with Gasteiger partial charge in [0.1, 0.15) is 0 Å². The summed E-state index contributed by atoms with van der Waals surface area (Å²) in [5.74, 6) is 0.933. The second-order valence-corrected chi connectivity index (χ2v) is 4.02. The molecule has 0 fully saturated rings. The Labute approximate surface area is 91.1 Å². The topological polar surface area (TPSA) is 42.4 Å². The van der Waals surface area contributed by atoms with Crippen molar-refractivity contribution in [1.82, 2.24) is 4.98 Å². The van der Waals surface area contributed by atoms with E-state index in [0.29, 0.717) is 11.8 Å². The molecule has 1 aromatic rings. The van der Waals surface area contributed by atoms with Crippen molar-refractivity contribution in [2.75, 3.05) is 7.11 Å². The van der Waals surface area contributed by atoms with E-state index in [0.717, 1.165) is 18.5 Å². The normalized spacial score (nSPS) is 12.9. The standard InChI is InChI=1S/C12H19NO2/c1-9(2)11(14)8-7-10-5-4-6-12(13-10)15-3/h4-6,9,11,14H,7-8H2,1-3H3. The number of aryl methyl sites for hydroxylation is 1. The highest BCUT2D eigenvalue weighted by Crippen LogP contribution is 2.12. The molecular formula is C12H19NO2. The number of pyridine rings is 1. The molecule has 1 atom stereocenters. The van der Waals surface area contributed by atoms with Crippen molar-refractivity contribution in [2.24, 2.45) is 5.92 Å². The Balaban J connectivity index is 2.50. The SMILES string of the molecule is COc1cccc(CCC(O)C(C)C)n1. The molecule has 1 unspecified atom stereocenters. The molecule has 84 valence electrons. The van der Waals surface area contributed by atoms with E-state index in [1.54, 1.807) is 7.11 Å². The van der Waals surface area contributed by atoms with Crippen LogP contribution < -0.4 is 4.74 Å². The monoisotopic (exact) mass is 209 g/mol. The minimum Gasteiger partial charge on any atom is -0.481 e. The van der Waals surface area contributed by atoms with Crippen LogP contribution in [0.15, 0.2) is 18.2 Å². The van der Waals surface area contributed by atoms with Crippen molar-refractivity contribution in [1.29, 1.82) is 0 Å². The molecule has 0 amide bonds. The van der Waals surface area contributed by atoms with Gasteiger partial charge in [0.15, 0.2) is 0 Å². The Kier molecular flexibility index (Phi) is 4.56. The second-order valence-electron chi connectivity index (χ2n) is 4.02. The Morgan fingerprint density at radius 3 is 2.73 bits per heavy atom. The van der Waals surface area contributed by atoms with Gasteiger partial charge in [-0.15, -0.1) is 0 Å². The lowest BCUT2D eigenvalue weighted by atomic mass is 10.0. The zero-order valence-electron chi connectivity index (χ0n) is 9.60. The van der Waals surface area contributed by atoms with Crippen LogP contribution >= 0.6 is 0 Å². The fourth-order valence-electron chi connectivity index (χ4n) is 1.34. The molecule has 1 N–H and O–H groups in total. The van der Waals surface area contributed by atoms with Gasteiger partial charge in [0, 0.05) is 11.8 Å². The number of ether oxygens (including phenoxy) is 1. The number of methoxy groups -OCH3 is 1. The molecular weight excluding hydrogens is 190 g/mol. The lowest BCUT2D eigenvalue weighted by Crippen LogP contribution is -2.15. The van der Waals surface area contributed by atoms with Gasteiger partial charge >= 0.3 is 0 Å². The van der Waals surface area contributed by atoms with E-state index >= 15 is 0 Å². The molecule has 0 spiro atoms. The molecule has 3 heteroatoms. The van der Waals surface area contributed by atoms with Crippen molar-refractivity contribution in [3.8, 4) is 5.88 Å². The van der Waals surface area contributed by atoms with Crippen LogP contribution in [0.4, 0.5) is 0 Å². The third kappa shape index (κ3) is 3.88.